The van der Waals surface area contributed by atoms with Crippen molar-refractivity contribution < 1.29 is 14.7 Å². The molecule has 3 rings (SSSR count). The fourth-order valence-electron chi connectivity index (χ4n) is 2.67. The van der Waals surface area contributed by atoms with Gasteiger partial charge in [0.2, 0.25) is 0 Å². The number of nitrogens with zero attached hydrogens (tertiary/aromatic N) is 2. The van der Waals surface area contributed by atoms with Crippen molar-refractivity contribution in [1.82, 2.24) is 9.78 Å². The second-order valence-corrected chi connectivity index (χ2v) is 7.16. The highest BCUT2D eigenvalue weighted by Gasteiger charge is 2.15. The third kappa shape index (κ3) is 3.56. The molecule has 1 aromatic carbocycles. The lowest BCUT2D eigenvalue weighted by Gasteiger charge is -2.08. The maximum absolute atomic E-state index is 12.4. The van der Waals surface area contributed by atoms with Crippen molar-refractivity contribution in [2.75, 3.05) is 5.32 Å². The van der Waals surface area contributed by atoms with E-state index < -0.39 is 11.9 Å². The van der Waals surface area contributed by atoms with E-state index in [9.17, 15) is 9.59 Å². The highest BCUT2D eigenvalue weighted by atomic mass is 32.1. The molecule has 0 saturated heterocycles. The molecule has 1 atom stereocenters. The van der Waals surface area contributed by atoms with E-state index in [4.69, 9.17) is 5.11 Å². The molecular formula is C18H19N3O3S. The number of fused-ring (bicyclic) bond motifs is 1. The zero-order chi connectivity index (χ0) is 18.1. The van der Waals surface area contributed by atoms with Gasteiger partial charge < -0.3 is 10.4 Å². The second-order valence-electron chi connectivity index (χ2n) is 6.13. The van der Waals surface area contributed by atoms with Crippen molar-refractivity contribution in [3.63, 3.8) is 0 Å². The van der Waals surface area contributed by atoms with Crippen LogP contribution >= 0.6 is 11.3 Å². The van der Waals surface area contributed by atoms with E-state index in [1.54, 1.807) is 23.7 Å². The van der Waals surface area contributed by atoms with Crippen LogP contribution in [0.2, 0.25) is 0 Å². The number of aromatic nitrogens is 2. The van der Waals surface area contributed by atoms with Gasteiger partial charge in [-0.1, -0.05) is 19.1 Å². The molecular weight excluding hydrogens is 338 g/mol. The maximum atomic E-state index is 12.4. The van der Waals surface area contributed by atoms with Crippen molar-refractivity contribution in [2.24, 2.45) is 13.0 Å². The maximum Gasteiger partial charge on any atom is 0.306 e. The number of rotatable bonds is 5. The summed E-state index contributed by atoms with van der Waals surface area (Å²) in [6.45, 7) is 3.60. The number of carboxylic acids is 1. The van der Waals surface area contributed by atoms with Crippen LogP contribution in [0.15, 0.2) is 30.3 Å². The largest absolute Gasteiger partial charge is 0.481 e. The number of aliphatic carboxylic acids is 1. The third-order valence-electron chi connectivity index (χ3n) is 4.10. The molecule has 0 aliphatic carbocycles. The zero-order valence-corrected chi connectivity index (χ0v) is 15.1. The van der Waals surface area contributed by atoms with Gasteiger partial charge in [-0.05, 0) is 37.1 Å². The smallest absolute Gasteiger partial charge is 0.306 e. The van der Waals surface area contributed by atoms with Crippen LogP contribution < -0.4 is 5.32 Å². The van der Waals surface area contributed by atoms with Crippen molar-refractivity contribution >= 4 is 39.1 Å². The van der Waals surface area contributed by atoms with Gasteiger partial charge in [0.15, 0.2) is 0 Å². The summed E-state index contributed by atoms with van der Waals surface area (Å²) in [4.78, 5) is 25.0. The van der Waals surface area contributed by atoms with Crippen molar-refractivity contribution in [3.05, 3.63) is 46.5 Å². The fraction of sp³-hybridized carbons (Fsp3) is 0.278. The van der Waals surface area contributed by atoms with Crippen LogP contribution in [0.25, 0.3) is 10.2 Å². The van der Waals surface area contributed by atoms with Crippen LogP contribution in [0.1, 0.15) is 27.9 Å². The summed E-state index contributed by atoms with van der Waals surface area (Å²) >= 11 is 1.41. The van der Waals surface area contributed by atoms with Gasteiger partial charge in [-0.25, -0.2) is 0 Å². The second kappa shape index (κ2) is 6.68. The Labute approximate surface area is 149 Å². The van der Waals surface area contributed by atoms with E-state index in [0.717, 1.165) is 21.5 Å². The van der Waals surface area contributed by atoms with Gasteiger partial charge in [-0.15, -0.1) is 11.3 Å². The predicted octanol–water partition coefficient (Wildman–Crippen LogP) is 3.46. The van der Waals surface area contributed by atoms with Gasteiger partial charge in [0.25, 0.3) is 5.91 Å². The minimum Gasteiger partial charge on any atom is -0.481 e. The van der Waals surface area contributed by atoms with Crippen molar-refractivity contribution in [2.45, 2.75) is 20.3 Å². The Morgan fingerprint density at radius 2 is 2.00 bits per heavy atom. The summed E-state index contributed by atoms with van der Waals surface area (Å²) in [6.07, 6.45) is 0.464. The van der Waals surface area contributed by atoms with E-state index in [1.165, 1.54) is 11.3 Å². The first-order valence-electron chi connectivity index (χ1n) is 7.91. The summed E-state index contributed by atoms with van der Waals surface area (Å²) in [5, 5.41) is 17.2. The lowest BCUT2D eigenvalue weighted by atomic mass is 10.0. The van der Waals surface area contributed by atoms with Crippen LogP contribution in [0.4, 0.5) is 5.69 Å². The molecule has 2 N–H and O–H groups in total. The highest BCUT2D eigenvalue weighted by Crippen LogP contribution is 2.28. The van der Waals surface area contributed by atoms with Gasteiger partial charge in [-0.2, -0.15) is 5.10 Å². The van der Waals surface area contributed by atoms with Gasteiger partial charge >= 0.3 is 5.97 Å². The SMILES string of the molecule is Cc1nn(C)c2sc(C(=O)Nc3ccc(CC(C)C(=O)O)cc3)cc12. The Balaban J connectivity index is 1.71. The third-order valence-corrected chi connectivity index (χ3v) is 5.30. The van der Waals surface area contributed by atoms with E-state index in [0.29, 0.717) is 17.0 Å². The number of carboxylic acid groups (broad SMARTS) is 1. The lowest BCUT2D eigenvalue weighted by molar-refractivity contribution is -0.141. The lowest BCUT2D eigenvalue weighted by Crippen LogP contribution is -2.12. The molecule has 3 aromatic rings. The Morgan fingerprint density at radius 1 is 1.32 bits per heavy atom. The molecule has 0 spiro atoms. The number of amides is 1. The molecule has 2 aromatic heterocycles. The number of carbonyl (C=O) groups excluding carboxylic acids is 1. The number of hydrogen-bond acceptors (Lipinski definition) is 4. The normalized spacial score (nSPS) is 12.3. The van der Waals surface area contributed by atoms with E-state index >= 15 is 0 Å². The quantitative estimate of drug-likeness (QED) is 0.732. The van der Waals surface area contributed by atoms with Crippen LogP contribution in [0.5, 0.6) is 0 Å². The molecule has 25 heavy (non-hydrogen) atoms. The van der Waals surface area contributed by atoms with E-state index in [-0.39, 0.29) is 5.91 Å². The number of carbonyl (C=O) groups is 2. The first kappa shape index (κ1) is 17.2. The first-order valence-corrected chi connectivity index (χ1v) is 8.73. The Kier molecular flexibility index (Phi) is 4.59. The molecule has 1 unspecified atom stereocenters. The molecule has 0 saturated carbocycles. The molecule has 6 nitrogen and oxygen atoms in total. The number of hydrogen-bond donors (Lipinski definition) is 2. The number of benzene rings is 1. The topological polar surface area (TPSA) is 84.2 Å². The molecule has 0 fully saturated rings. The van der Waals surface area contributed by atoms with E-state index in [2.05, 4.69) is 10.4 Å². The monoisotopic (exact) mass is 357 g/mol. The standard InChI is InChI=1S/C18H19N3O3S/c1-10(18(23)24)8-12-4-6-13(7-5-12)19-16(22)15-9-14-11(2)20-21(3)17(14)25-15/h4-7,9-10H,8H2,1-3H3,(H,19,22)(H,23,24). The number of anilines is 1. The zero-order valence-electron chi connectivity index (χ0n) is 14.2. The number of aryl methyl sites for hydroxylation is 2. The minimum atomic E-state index is -0.813. The van der Waals surface area contributed by atoms with Gasteiger partial charge in [0.05, 0.1) is 16.5 Å². The number of nitrogens with one attached hydrogen (secondary N) is 1. The molecule has 1 amide bonds. The molecule has 0 aliphatic rings. The van der Waals surface area contributed by atoms with Crippen LogP contribution in [-0.4, -0.2) is 26.8 Å². The molecule has 0 bridgehead atoms. The number of thiophene rings is 1. The summed E-state index contributed by atoms with van der Waals surface area (Å²) in [7, 11) is 1.87. The van der Waals surface area contributed by atoms with Crippen LogP contribution in [-0.2, 0) is 18.3 Å². The van der Waals surface area contributed by atoms with Gasteiger partial charge in [-0.3, -0.25) is 14.3 Å². The van der Waals surface area contributed by atoms with Gasteiger partial charge in [0.1, 0.15) is 4.83 Å². The average Bonchev–Trinajstić information content (AvgIpc) is 3.11. The molecule has 130 valence electrons. The summed E-state index contributed by atoms with van der Waals surface area (Å²) in [5.41, 5.74) is 2.52. The minimum absolute atomic E-state index is 0.160. The summed E-state index contributed by atoms with van der Waals surface area (Å²) in [5.74, 6) is -1.41. The Hall–Kier alpha value is -2.67. The molecule has 0 radical (unpaired) electrons. The Morgan fingerprint density at radius 3 is 2.60 bits per heavy atom. The van der Waals surface area contributed by atoms with Gasteiger partial charge in [0, 0.05) is 18.1 Å². The predicted molar refractivity (Wildman–Crippen MR) is 98.2 cm³/mol. The van der Waals surface area contributed by atoms with Crippen molar-refractivity contribution in [3.8, 4) is 0 Å². The fourth-order valence-corrected chi connectivity index (χ4v) is 3.69. The molecule has 7 heteroatoms. The molecule has 2 heterocycles. The van der Waals surface area contributed by atoms with Crippen LogP contribution in [0, 0.1) is 12.8 Å². The average molecular weight is 357 g/mol. The highest BCUT2D eigenvalue weighted by molar-refractivity contribution is 7.20. The van der Waals surface area contributed by atoms with Crippen molar-refractivity contribution in [1.29, 1.82) is 0 Å². The summed E-state index contributed by atoms with van der Waals surface area (Å²) < 4.78 is 1.78. The first-order chi connectivity index (χ1) is 11.8. The van der Waals surface area contributed by atoms with Crippen LogP contribution in [0.3, 0.4) is 0 Å². The van der Waals surface area contributed by atoms with E-state index in [1.807, 2.05) is 32.2 Å². The molecule has 0 aliphatic heterocycles. The summed E-state index contributed by atoms with van der Waals surface area (Å²) in [6, 6.07) is 9.13. The Bertz CT molecular complexity index is 906.